The van der Waals surface area contributed by atoms with Crippen LogP contribution < -0.4 is 0 Å². The van der Waals surface area contributed by atoms with Crippen molar-refractivity contribution in [2.24, 2.45) is 0 Å². The molecule has 2 aromatic carbocycles. The molecule has 32 heavy (non-hydrogen) atoms. The first kappa shape index (κ1) is 22.7. The van der Waals surface area contributed by atoms with E-state index < -0.39 is 0 Å². The molecule has 0 saturated heterocycles. The molecule has 3 aromatic rings. The van der Waals surface area contributed by atoms with Crippen molar-refractivity contribution in [1.82, 2.24) is 9.88 Å². The maximum atomic E-state index is 5.19. The predicted molar refractivity (Wildman–Crippen MR) is 136 cm³/mol. The Morgan fingerprint density at radius 2 is 1.59 bits per heavy atom. The number of aryl methyl sites for hydroxylation is 5. The maximum absolute atomic E-state index is 5.19. The summed E-state index contributed by atoms with van der Waals surface area (Å²) in [5.74, 6) is 0. The number of rotatable bonds is 7. The molecule has 0 N–H and O–H groups in total. The zero-order chi connectivity index (χ0) is 22.7. The third kappa shape index (κ3) is 4.38. The van der Waals surface area contributed by atoms with Crippen LogP contribution in [0.3, 0.4) is 0 Å². The average molecular weight is 427 g/mol. The van der Waals surface area contributed by atoms with Crippen LogP contribution in [-0.2, 0) is 32.2 Å². The Morgan fingerprint density at radius 1 is 0.906 bits per heavy atom. The van der Waals surface area contributed by atoms with E-state index in [4.69, 9.17) is 4.98 Å². The normalized spacial score (nSPS) is 15.8. The monoisotopic (exact) mass is 426 g/mol. The van der Waals surface area contributed by atoms with Crippen LogP contribution in [0.25, 0.3) is 11.3 Å². The molecule has 0 radical (unpaired) electrons. The molecule has 1 aliphatic carbocycles. The maximum Gasteiger partial charge on any atom is 0.0713 e. The first-order valence-electron chi connectivity index (χ1n) is 12.5. The quantitative estimate of drug-likeness (QED) is 0.395. The van der Waals surface area contributed by atoms with Gasteiger partial charge in [0.2, 0.25) is 0 Å². The molecule has 1 atom stereocenters. The van der Waals surface area contributed by atoms with Crippen LogP contribution in [0, 0.1) is 6.92 Å². The molecule has 1 aromatic heterocycles. The summed E-state index contributed by atoms with van der Waals surface area (Å²) in [5.41, 5.74) is 12.4. The molecule has 1 heterocycles. The predicted octanol–water partition coefficient (Wildman–Crippen LogP) is 7.25. The van der Waals surface area contributed by atoms with Gasteiger partial charge in [-0.3, -0.25) is 9.88 Å². The summed E-state index contributed by atoms with van der Waals surface area (Å²) in [6, 6.07) is 18.6. The number of pyridine rings is 1. The van der Waals surface area contributed by atoms with Gasteiger partial charge < -0.3 is 0 Å². The third-order valence-corrected chi connectivity index (χ3v) is 7.34. The molecule has 0 unspecified atom stereocenters. The lowest BCUT2D eigenvalue weighted by Crippen LogP contribution is -2.28. The second-order valence-corrected chi connectivity index (χ2v) is 9.26. The summed E-state index contributed by atoms with van der Waals surface area (Å²) in [7, 11) is 2.29. The van der Waals surface area contributed by atoms with Crippen LogP contribution in [0.2, 0.25) is 0 Å². The first-order chi connectivity index (χ1) is 15.6. The van der Waals surface area contributed by atoms with Gasteiger partial charge in [0.1, 0.15) is 0 Å². The van der Waals surface area contributed by atoms with Crippen molar-refractivity contribution in [3.8, 4) is 11.3 Å². The van der Waals surface area contributed by atoms with Gasteiger partial charge in [-0.05, 0) is 91.9 Å². The van der Waals surface area contributed by atoms with E-state index >= 15 is 0 Å². The van der Waals surface area contributed by atoms with Gasteiger partial charge in [0.05, 0.1) is 5.69 Å². The van der Waals surface area contributed by atoms with Gasteiger partial charge >= 0.3 is 0 Å². The van der Waals surface area contributed by atoms with Crippen molar-refractivity contribution in [3.63, 3.8) is 0 Å². The van der Waals surface area contributed by atoms with Gasteiger partial charge in [-0.2, -0.15) is 0 Å². The van der Waals surface area contributed by atoms with E-state index in [1.54, 1.807) is 0 Å². The largest absolute Gasteiger partial charge is 0.295 e. The minimum Gasteiger partial charge on any atom is -0.295 e. The Hall–Kier alpha value is -2.45. The smallest absolute Gasteiger partial charge is 0.0713 e. The molecule has 0 bridgehead atoms. The molecular formula is C30H38N2. The molecule has 0 spiro atoms. The number of nitrogens with zero attached hydrogens (tertiary/aromatic N) is 2. The average Bonchev–Trinajstić information content (AvgIpc) is 2.83. The van der Waals surface area contributed by atoms with Crippen molar-refractivity contribution in [3.05, 3.63) is 87.6 Å². The van der Waals surface area contributed by atoms with E-state index in [9.17, 15) is 0 Å². The summed E-state index contributed by atoms with van der Waals surface area (Å²) in [6.45, 7) is 9.94. The van der Waals surface area contributed by atoms with E-state index in [0.717, 1.165) is 31.5 Å². The van der Waals surface area contributed by atoms with Crippen molar-refractivity contribution >= 4 is 0 Å². The highest BCUT2D eigenvalue weighted by Crippen LogP contribution is 2.36. The van der Waals surface area contributed by atoms with Crippen molar-refractivity contribution in [2.75, 3.05) is 7.05 Å². The van der Waals surface area contributed by atoms with Crippen molar-refractivity contribution in [1.29, 1.82) is 0 Å². The highest BCUT2D eigenvalue weighted by atomic mass is 15.1. The summed E-state index contributed by atoms with van der Waals surface area (Å²) in [6.07, 6.45) is 6.84. The number of aromatic nitrogens is 1. The summed E-state index contributed by atoms with van der Waals surface area (Å²) < 4.78 is 0. The molecule has 0 fully saturated rings. The Bertz CT molecular complexity index is 1060. The Kier molecular flexibility index (Phi) is 7.10. The van der Waals surface area contributed by atoms with Crippen molar-refractivity contribution in [2.45, 2.75) is 78.8 Å². The number of hydrogen-bond donors (Lipinski definition) is 0. The van der Waals surface area contributed by atoms with Crippen LogP contribution in [0.15, 0.2) is 48.5 Å². The minimum absolute atomic E-state index is 0.497. The Morgan fingerprint density at radius 3 is 2.28 bits per heavy atom. The van der Waals surface area contributed by atoms with E-state index in [1.165, 1.54) is 63.9 Å². The lowest BCUT2D eigenvalue weighted by molar-refractivity contribution is 0.212. The fourth-order valence-electron chi connectivity index (χ4n) is 5.54. The molecule has 0 aliphatic heterocycles. The molecule has 2 nitrogen and oxygen atoms in total. The summed E-state index contributed by atoms with van der Waals surface area (Å²) in [5, 5.41) is 0. The molecular weight excluding hydrogens is 388 g/mol. The third-order valence-electron chi connectivity index (χ3n) is 7.34. The van der Waals surface area contributed by atoms with Crippen LogP contribution >= 0.6 is 0 Å². The summed E-state index contributed by atoms with van der Waals surface area (Å²) >= 11 is 0. The number of hydrogen-bond acceptors (Lipinski definition) is 2. The van der Waals surface area contributed by atoms with E-state index in [0.29, 0.717) is 6.04 Å². The first-order valence-corrected chi connectivity index (χ1v) is 12.5. The lowest BCUT2D eigenvalue weighted by atomic mass is 9.86. The Balaban J connectivity index is 1.69. The topological polar surface area (TPSA) is 16.1 Å². The minimum atomic E-state index is 0.497. The zero-order valence-corrected chi connectivity index (χ0v) is 20.5. The SMILES string of the molecule is CCc1cc(-c2c(CC)cccc2CC)nc(C)c1CN(C)[C@@H]1CCCc2ccccc21. The van der Waals surface area contributed by atoms with Gasteiger partial charge in [0, 0.05) is 23.8 Å². The zero-order valence-electron chi connectivity index (χ0n) is 20.5. The summed E-state index contributed by atoms with van der Waals surface area (Å²) in [4.78, 5) is 7.74. The fraction of sp³-hybridized carbons (Fsp3) is 0.433. The van der Waals surface area contributed by atoms with Crippen molar-refractivity contribution < 1.29 is 0 Å². The highest BCUT2D eigenvalue weighted by Gasteiger charge is 2.25. The molecule has 168 valence electrons. The van der Waals surface area contributed by atoms with Crippen LogP contribution in [0.1, 0.15) is 78.7 Å². The number of benzene rings is 2. The lowest BCUT2D eigenvalue weighted by Gasteiger charge is -2.34. The van der Waals surface area contributed by atoms with E-state index in [2.05, 4.69) is 88.2 Å². The molecule has 0 amide bonds. The Labute approximate surface area is 194 Å². The van der Waals surface area contributed by atoms with Crippen LogP contribution in [0.5, 0.6) is 0 Å². The van der Waals surface area contributed by atoms with E-state index in [1.807, 2.05) is 0 Å². The van der Waals surface area contributed by atoms with Gasteiger partial charge in [-0.25, -0.2) is 0 Å². The number of fused-ring (bicyclic) bond motifs is 1. The second-order valence-electron chi connectivity index (χ2n) is 9.26. The van der Waals surface area contributed by atoms with Gasteiger partial charge in [0.15, 0.2) is 0 Å². The van der Waals surface area contributed by atoms with Crippen LogP contribution in [-0.4, -0.2) is 16.9 Å². The van der Waals surface area contributed by atoms with Gasteiger partial charge in [-0.1, -0.05) is 63.2 Å². The van der Waals surface area contributed by atoms with Gasteiger partial charge in [-0.15, -0.1) is 0 Å². The molecule has 2 heteroatoms. The van der Waals surface area contributed by atoms with E-state index in [-0.39, 0.29) is 0 Å². The second kappa shape index (κ2) is 10.0. The fourth-order valence-corrected chi connectivity index (χ4v) is 5.54. The van der Waals surface area contributed by atoms with Gasteiger partial charge in [0.25, 0.3) is 0 Å². The molecule has 4 rings (SSSR count). The van der Waals surface area contributed by atoms with Crippen LogP contribution in [0.4, 0.5) is 0 Å². The molecule has 1 aliphatic rings. The highest BCUT2D eigenvalue weighted by molar-refractivity contribution is 5.69. The standard InChI is InChI=1S/C30H38N2/c1-6-22-14-11-15-23(7-2)30(22)28-19-24(8-3)27(21(4)31-28)20-32(5)29-18-12-16-25-13-9-10-17-26(25)29/h9-11,13-15,17,19,29H,6-8,12,16,18,20H2,1-5H3/t29-/m1/s1. The molecule has 0 saturated carbocycles.